The Labute approximate surface area is 58.6 Å². The third-order valence-corrected chi connectivity index (χ3v) is 1.86. The third-order valence-electron chi connectivity index (χ3n) is 1.86. The minimum Gasteiger partial charge on any atom is -0.251 e. The maximum Gasteiger partial charge on any atom is 0.0293 e. The Morgan fingerprint density at radius 1 is 1.33 bits per heavy atom. The Kier molecular flexibility index (Phi) is 3.87. The summed E-state index contributed by atoms with van der Waals surface area (Å²) < 4.78 is 0. The molecule has 1 N–H and O–H groups in total. The minimum atomic E-state index is -0.157. The maximum atomic E-state index is 7.68. The second-order valence-electron chi connectivity index (χ2n) is 3.02. The van der Waals surface area contributed by atoms with Crippen molar-refractivity contribution in [2.75, 3.05) is 0 Å². The van der Waals surface area contributed by atoms with Crippen LogP contribution in [0.4, 0.5) is 0 Å². The van der Waals surface area contributed by atoms with E-state index in [2.05, 4.69) is 13.8 Å². The second-order valence-corrected chi connectivity index (χ2v) is 3.02. The van der Waals surface area contributed by atoms with Gasteiger partial charge in [-0.1, -0.05) is 26.7 Å². The number of unbranched alkanes of at least 4 members (excludes halogenated alkanes) is 1. The van der Waals surface area contributed by atoms with Crippen LogP contribution in [0.2, 0.25) is 0 Å². The summed E-state index contributed by atoms with van der Waals surface area (Å²) in [6, 6.07) is 0. The summed E-state index contributed by atoms with van der Waals surface area (Å²) >= 11 is 0. The van der Waals surface area contributed by atoms with Crippen LogP contribution in [0.5, 0.6) is 0 Å². The Bertz CT molecular complexity index is 67.0. The minimum absolute atomic E-state index is 0.157. The topological polar surface area (TPSA) is 23.8 Å². The molecule has 0 aliphatic carbocycles. The largest absolute Gasteiger partial charge is 0.251 e. The van der Waals surface area contributed by atoms with Gasteiger partial charge < -0.3 is 0 Å². The zero-order valence-corrected chi connectivity index (χ0v) is 6.83. The van der Waals surface area contributed by atoms with E-state index in [0.29, 0.717) is 0 Å². The van der Waals surface area contributed by atoms with Crippen molar-refractivity contribution < 1.29 is 0 Å². The van der Waals surface area contributed by atoms with Gasteiger partial charge in [-0.25, -0.2) is 0 Å². The SMILES string of the molecule is CCCCC(C)([NH])CC. The molecule has 0 bridgehead atoms. The Morgan fingerprint density at radius 2 is 1.89 bits per heavy atom. The van der Waals surface area contributed by atoms with Crippen molar-refractivity contribution in [3.8, 4) is 0 Å². The van der Waals surface area contributed by atoms with Crippen LogP contribution in [0.1, 0.15) is 46.5 Å². The van der Waals surface area contributed by atoms with Crippen LogP contribution in [0, 0.1) is 0 Å². The fraction of sp³-hybridized carbons (Fsp3) is 1.00. The first-order valence-electron chi connectivity index (χ1n) is 3.87. The van der Waals surface area contributed by atoms with Crippen molar-refractivity contribution in [3.05, 3.63) is 0 Å². The zero-order valence-electron chi connectivity index (χ0n) is 6.83. The molecule has 0 aliphatic rings. The maximum absolute atomic E-state index is 7.68. The van der Waals surface area contributed by atoms with Crippen LogP contribution in [-0.2, 0) is 0 Å². The Hall–Kier alpha value is -0.0400. The predicted molar refractivity (Wildman–Crippen MR) is 41.3 cm³/mol. The van der Waals surface area contributed by atoms with Crippen LogP contribution in [-0.4, -0.2) is 5.54 Å². The van der Waals surface area contributed by atoms with Crippen molar-refractivity contribution in [2.45, 2.75) is 52.0 Å². The normalized spacial score (nSPS) is 17.3. The van der Waals surface area contributed by atoms with Crippen molar-refractivity contribution in [1.29, 1.82) is 0 Å². The van der Waals surface area contributed by atoms with E-state index in [0.717, 1.165) is 12.8 Å². The molecule has 1 heteroatoms. The molecule has 55 valence electrons. The van der Waals surface area contributed by atoms with Gasteiger partial charge >= 0.3 is 0 Å². The smallest absolute Gasteiger partial charge is 0.0293 e. The Morgan fingerprint density at radius 3 is 2.22 bits per heavy atom. The van der Waals surface area contributed by atoms with Crippen LogP contribution in [0.15, 0.2) is 0 Å². The first-order chi connectivity index (χ1) is 4.12. The van der Waals surface area contributed by atoms with Gasteiger partial charge in [0, 0.05) is 5.54 Å². The van der Waals surface area contributed by atoms with E-state index in [1.54, 1.807) is 0 Å². The van der Waals surface area contributed by atoms with Gasteiger partial charge in [0.25, 0.3) is 0 Å². The molecule has 0 heterocycles. The van der Waals surface area contributed by atoms with Gasteiger partial charge in [0.15, 0.2) is 0 Å². The first kappa shape index (κ1) is 8.96. The fourth-order valence-corrected chi connectivity index (χ4v) is 0.744. The molecule has 0 rings (SSSR count). The molecule has 0 fully saturated rings. The molecule has 9 heavy (non-hydrogen) atoms. The number of nitrogens with one attached hydrogen (secondary N) is 1. The van der Waals surface area contributed by atoms with Gasteiger partial charge in [-0.2, -0.15) is 0 Å². The molecule has 1 nitrogen and oxygen atoms in total. The van der Waals surface area contributed by atoms with Crippen molar-refractivity contribution >= 4 is 0 Å². The average molecular weight is 128 g/mol. The lowest BCUT2D eigenvalue weighted by Crippen LogP contribution is -2.24. The van der Waals surface area contributed by atoms with Crippen LogP contribution in [0.25, 0.3) is 0 Å². The van der Waals surface area contributed by atoms with Crippen LogP contribution < -0.4 is 5.73 Å². The average Bonchev–Trinajstić information content (AvgIpc) is 1.84. The molecule has 0 aliphatic heterocycles. The highest BCUT2D eigenvalue weighted by Gasteiger charge is 2.14. The quantitative estimate of drug-likeness (QED) is 0.556. The number of hydrogen-bond acceptors (Lipinski definition) is 0. The standard InChI is InChI=1S/C8H18N/c1-4-6-7-8(3,9)5-2/h9H,4-7H2,1-3H3. The second kappa shape index (κ2) is 3.89. The zero-order chi connectivity index (χ0) is 7.33. The van der Waals surface area contributed by atoms with Crippen molar-refractivity contribution in [2.24, 2.45) is 0 Å². The number of hydrogen-bond donors (Lipinski definition) is 0. The molecular formula is C8H18N. The lowest BCUT2D eigenvalue weighted by Gasteiger charge is -2.20. The van der Waals surface area contributed by atoms with E-state index in [1.165, 1.54) is 12.8 Å². The lowest BCUT2D eigenvalue weighted by atomic mass is 9.94. The molecule has 1 atom stereocenters. The van der Waals surface area contributed by atoms with Crippen LogP contribution in [0.3, 0.4) is 0 Å². The van der Waals surface area contributed by atoms with E-state index >= 15 is 0 Å². The van der Waals surface area contributed by atoms with Gasteiger partial charge in [-0.3, -0.25) is 5.73 Å². The van der Waals surface area contributed by atoms with E-state index in [1.807, 2.05) is 6.92 Å². The summed E-state index contributed by atoms with van der Waals surface area (Å²) in [6.07, 6.45) is 4.45. The molecule has 0 aromatic rings. The highest BCUT2D eigenvalue weighted by molar-refractivity contribution is 4.74. The number of rotatable bonds is 4. The van der Waals surface area contributed by atoms with E-state index in [4.69, 9.17) is 5.73 Å². The van der Waals surface area contributed by atoms with Gasteiger partial charge in [-0.05, 0) is 19.8 Å². The van der Waals surface area contributed by atoms with Gasteiger partial charge in [-0.15, -0.1) is 0 Å². The van der Waals surface area contributed by atoms with Gasteiger partial charge in [0.2, 0.25) is 0 Å². The molecule has 0 spiro atoms. The molecule has 1 radical (unpaired) electrons. The molecule has 0 aromatic heterocycles. The predicted octanol–water partition coefficient (Wildman–Crippen LogP) is 2.63. The monoisotopic (exact) mass is 128 g/mol. The van der Waals surface area contributed by atoms with E-state index < -0.39 is 0 Å². The lowest BCUT2D eigenvalue weighted by molar-refractivity contribution is 0.389. The fourth-order valence-electron chi connectivity index (χ4n) is 0.744. The van der Waals surface area contributed by atoms with Gasteiger partial charge in [0.05, 0.1) is 0 Å². The molecule has 1 unspecified atom stereocenters. The molecule has 0 saturated heterocycles. The summed E-state index contributed by atoms with van der Waals surface area (Å²) in [7, 11) is 0. The summed E-state index contributed by atoms with van der Waals surface area (Å²) in [6.45, 7) is 6.27. The Balaban J connectivity index is 3.33. The van der Waals surface area contributed by atoms with Gasteiger partial charge in [0.1, 0.15) is 0 Å². The molecule has 0 amide bonds. The summed E-state index contributed by atoms with van der Waals surface area (Å²) in [5.41, 5.74) is 7.52. The molecule has 0 saturated carbocycles. The third kappa shape index (κ3) is 4.46. The van der Waals surface area contributed by atoms with E-state index in [-0.39, 0.29) is 5.54 Å². The van der Waals surface area contributed by atoms with Crippen molar-refractivity contribution in [1.82, 2.24) is 5.73 Å². The first-order valence-corrected chi connectivity index (χ1v) is 3.87. The molecule has 0 aromatic carbocycles. The van der Waals surface area contributed by atoms with Crippen molar-refractivity contribution in [3.63, 3.8) is 0 Å². The summed E-state index contributed by atoms with van der Waals surface area (Å²) in [4.78, 5) is 0. The molecular weight excluding hydrogens is 110 g/mol. The summed E-state index contributed by atoms with van der Waals surface area (Å²) in [5.74, 6) is 0. The van der Waals surface area contributed by atoms with E-state index in [9.17, 15) is 0 Å². The van der Waals surface area contributed by atoms with Crippen LogP contribution >= 0.6 is 0 Å². The summed E-state index contributed by atoms with van der Waals surface area (Å²) in [5, 5.41) is 0. The highest BCUT2D eigenvalue weighted by atomic mass is 14.7. The highest BCUT2D eigenvalue weighted by Crippen LogP contribution is 2.15.